The summed E-state index contributed by atoms with van der Waals surface area (Å²) in [7, 11) is -2.38. The van der Waals surface area contributed by atoms with E-state index in [1.807, 2.05) is 0 Å². The SMILES string of the molecule is COc1ccc(S(=O)(=O)N(CC(=O)NCCC(C)C)c2ccccc2)cc1. The molecule has 2 rings (SSSR count). The number of ether oxygens (including phenoxy) is 1. The lowest BCUT2D eigenvalue weighted by Gasteiger charge is -2.24. The van der Waals surface area contributed by atoms with Crippen LogP contribution in [0.2, 0.25) is 0 Å². The van der Waals surface area contributed by atoms with Crippen LogP contribution in [-0.4, -0.2) is 34.5 Å². The van der Waals surface area contributed by atoms with Gasteiger partial charge in [-0.25, -0.2) is 8.42 Å². The summed E-state index contributed by atoms with van der Waals surface area (Å²) in [4.78, 5) is 12.4. The molecule has 0 fully saturated rings. The second kappa shape index (κ2) is 9.41. The van der Waals surface area contributed by atoms with E-state index in [0.29, 0.717) is 23.9 Å². The van der Waals surface area contributed by atoms with Crippen LogP contribution in [0.3, 0.4) is 0 Å². The van der Waals surface area contributed by atoms with Gasteiger partial charge in [0.25, 0.3) is 10.0 Å². The molecule has 27 heavy (non-hydrogen) atoms. The number of benzene rings is 2. The number of nitrogens with one attached hydrogen (secondary N) is 1. The predicted molar refractivity (Wildman–Crippen MR) is 106 cm³/mol. The minimum absolute atomic E-state index is 0.0992. The molecule has 0 saturated heterocycles. The van der Waals surface area contributed by atoms with Gasteiger partial charge in [0.15, 0.2) is 0 Å². The van der Waals surface area contributed by atoms with E-state index in [4.69, 9.17) is 4.74 Å². The van der Waals surface area contributed by atoms with E-state index in [1.54, 1.807) is 42.5 Å². The molecule has 0 heterocycles. The predicted octanol–water partition coefficient (Wildman–Crippen LogP) is 3.05. The number of nitrogens with zero attached hydrogens (tertiary/aromatic N) is 1. The fraction of sp³-hybridized carbons (Fsp3) is 0.350. The quantitative estimate of drug-likeness (QED) is 0.714. The van der Waals surface area contributed by atoms with Crippen LogP contribution in [0.25, 0.3) is 0 Å². The number of carbonyl (C=O) groups excluding carboxylic acids is 1. The van der Waals surface area contributed by atoms with Crippen LogP contribution in [-0.2, 0) is 14.8 Å². The Hall–Kier alpha value is -2.54. The van der Waals surface area contributed by atoms with Crippen LogP contribution in [0.5, 0.6) is 5.75 Å². The molecule has 0 atom stereocenters. The monoisotopic (exact) mass is 390 g/mol. The van der Waals surface area contributed by atoms with Crippen molar-refractivity contribution in [2.75, 3.05) is 24.5 Å². The largest absolute Gasteiger partial charge is 0.497 e. The van der Waals surface area contributed by atoms with Crippen molar-refractivity contribution in [3.8, 4) is 5.75 Å². The van der Waals surface area contributed by atoms with Crippen LogP contribution < -0.4 is 14.4 Å². The average Bonchev–Trinajstić information content (AvgIpc) is 2.66. The molecule has 0 aliphatic heterocycles. The number of hydrogen-bond acceptors (Lipinski definition) is 4. The fourth-order valence-corrected chi connectivity index (χ4v) is 3.89. The van der Waals surface area contributed by atoms with Crippen molar-refractivity contribution in [2.45, 2.75) is 25.2 Å². The number of sulfonamides is 1. The maximum absolute atomic E-state index is 13.2. The lowest BCUT2D eigenvalue weighted by Crippen LogP contribution is -2.41. The van der Waals surface area contributed by atoms with Gasteiger partial charge in [0.05, 0.1) is 17.7 Å². The van der Waals surface area contributed by atoms with E-state index in [-0.39, 0.29) is 17.3 Å². The third-order valence-electron chi connectivity index (χ3n) is 4.02. The molecule has 2 aromatic rings. The summed E-state index contributed by atoms with van der Waals surface area (Å²) in [6.45, 7) is 4.37. The summed E-state index contributed by atoms with van der Waals surface area (Å²) >= 11 is 0. The first-order valence-electron chi connectivity index (χ1n) is 8.83. The summed E-state index contributed by atoms with van der Waals surface area (Å²) in [6, 6.07) is 14.7. The first-order valence-corrected chi connectivity index (χ1v) is 10.3. The van der Waals surface area contributed by atoms with Crippen molar-refractivity contribution >= 4 is 21.6 Å². The molecular formula is C20H26N2O4S. The van der Waals surface area contributed by atoms with Crippen LogP contribution in [0.1, 0.15) is 20.3 Å². The summed E-state index contributed by atoms with van der Waals surface area (Å²) in [5.41, 5.74) is 0.437. The molecule has 0 radical (unpaired) electrons. The molecule has 0 aromatic heterocycles. The van der Waals surface area contributed by atoms with E-state index in [2.05, 4.69) is 19.2 Å². The highest BCUT2D eigenvalue weighted by molar-refractivity contribution is 7.92. The Morgan fingerprint density at radius 2 is 1.70 bits per heavy atom. The molecule has 1 amide bonds. The Morgan fingerprint density at radius 3 is 2.26 bits per heavy atom. The van der Waals surface area contributed by atoms with Gasteiger partial charge >= 0.3 is 0 Å². The summed E-state index contributed by atoms with van der Waals surface area (Å²) in [5, 5.41) is 2.79. The Labute approximate surface area is 161 Å². The molecular weight excluding hydrogens is 364 g/mol. The number of hydrogen-bond donors (Lipinski definition) is 1. The molecule has 2 aromatic carbocycles. The Kier molecular flexibility index (Phi) is 7.24. The highest BCUT2D eigenvalue weighted by Crippen LogP contribution is 2.24. The minimum atomic E-state index is -3.90. The molecule has 7 heteroatoms. The second-order valence-electron chi connectivity index (χ2n) is 6.56. The van der Waals surface area contributed by atoms with Gasteiger partial charge in [-0.15, -0.1) is 0 Å². The van der Waals surface area contributed by atoms with Gasteiger partial charge in [-0.3, -0.25) is 9.10 Å². The number of amides is 1. The molecule has 0 spiro atoms. The molecule has 0 aliphatic carbocycles. The van der Waals surface area contributed by atoms with Gasteiger partial charge in [-0.1, -0.05) is 32.0 Å². The van der Waals surface area contributed by atoms with E-state index < -0.39 is 10.0 Å². The molecule has 0 aliphatic rings. The summed E-state index contributed by atoms with van der Waals surface area (Å²) in [5.74, 6) is 0.682. The van der Waals surface area contributed by atoms with E-state index >= 15 is 0 Å². The van der Waals surface area contributed by atoms with Gasteiger partial charge < -0.3 is 10.1 Å². The van der Waals surface area contributed by atoms with Crippen molar-refractivity contribution in [3.63, 3.8) is 0 Å². The van der Waals surface area contributed by atoms with E-state index in [1.165, 1.54) is 19.2 Å². The van der Waals surface area contributed by atoms with Gasteiger partial charge in [0.2, 0.25) is 5.91 Å². The maximum atomic E-state index is 13.2. The molecule has 0 bridgehead atoms. The van der Waals surface area contributed by atoms with Crippen molar-refractivity contribution in [2.24, 2.45) is 5.92 Å². The Balaban J connectivity index is 2.27. The molecule has 1 N–H and O–H groups in total. The number of methoxy groups -OCH3 is 1. The van der Waals surface area contributed by atoms with Gasteiger partial charge in [-0.05, 0) is 48.7 Å². The highest BCUT2D eigenvalue weighted by atomic mass is 32.2. The van der Waals surface area contributed by atoms with Crippen molar-refractivity contribution in [1.82, 2.24) is 5.32 Å². The van der Waals surface area contributed by atoms with Crippen LogP contribution in [0, 0.1) is 5.92 Å². The molecule has 146 valence electrons. The van der Waals surface area contributed by atoms with Gasteiger partial charge in [0, 0.05) is 6.54 Å². The van der Waals surface area contributed by atoms with Gasteiger partial charge in [0.1, 0.15) is 12.3 Å². The first-order chi connectivity index (χ1) is 12.8. The van der Waals surface area contributed by atoms with Crippen LogP contribution in [0.4, 0.5) is 5.69 Å². The fourth-order valence-electron chi connectivity index (χ4n) is 2.47. The average molecular weight is 391 g/mol. The second-order valence-corrected chi connectivity index (χ2v) is 8.42. The zero-order valence-corrected chi connectivity index (χ0v) is 16.7. The molecule has 0 saturated carbocycles. The zero-order chi connectivity index (χ0) is 19.9. The third kappa shape index (κ3) is 5.72. The lowest BCUT2D eigenvalue weighted by molar-refractivity contribution is -0.119. The highest BCUT2D eigenvalue weighted by Gasteiger charge is 2.27. The third-order valence-corrected chi connectivity index (χ3v) is 5.81. The molecule has 0 unspecified atom stereocenters. The van der Waals surface area contributed by atoms with Crippen LogP contribution >= 0.6 is 0 Å². The summed E-state index contributed by atoms with van der Waals surface area (Å²) in [6.07, 6.45) is 0.836. The first kappa shape index (κ1) is 20.8. The maximum Gasteiger partial charge on any atom is 0.264 e. The number of para-hydroxylation sites is 1. The normalized spacial score (nSPS) is 11.3. The lowest BCUT2D eigenvalue weighted by atomic mass is 10.1. The number of carbonyl (C=O) groups is 1. The minimum Gasteiger partial charge on any atom is -0.497 e. The van der Waals surface area contributed by atoms with E-state index in [0.717, 1.165) is 10.7 Å². The van der Waals surface area contributed by atoms with E-state index in [9.17, 15) is 13.2 Å². The summed E-state index contributed by atoms with van der Waals surface area (Å²) < 4.78 is 32.5. The topological polar surface area (TPSA) is 75.7 Å². The smallest absolute Gasteiger partial charge is 0.264 e. The number of rotatable bonds is 9. The van der Waals surface area contributed by atoms with Crippen molar-refractivity contribution in [3.05, 3.63) is 54.6 Å². The van der Waals surface area contributed by atoms with Gasteiger partial charge in [-0.2, -0.15) is 0 Å². The number of anilines is 1. The Morgan fingerprint density at radius 1 is 1.07 bits per heavy atom. The van der Waals surface area contributed by atoms with Crippen molar-refractivity contribution < 1.29 is 17.9 Å². The zero-order valence-electron chi connectivity index (χ0n) is 15.9. The standard InChI is InChI=1S/C20H26N2O4S/c1-16(2)13-14-21-20(23)15-22(17-7-5-4-6-8-17)27(24,25)19-11-9-18(26-3)10-12-19/h4-12,16H,13-15H2,1-3H3,(H,21,23). The Bertz CT molecular complexity index is 834. The van der Waals surface area contributed by atoms with Crippen LogP contribution in [0.15, 0.2) is 59.5 Å². The molecule has 6 nitrogen and oxygen atoms in total. The van der Waals surface area contributed by atoms with Crippen molar-refractivity contribution in [1.29, 1.82) is 0 Å².